The zero-order valence-corrected chi connectivity index (χ0v) is 18.8. The fourth-order valence-electron chi connectivity index (χ4n) is 3.21. The molecule has 0 saturated heterocycles. The van der Waals surface area contributed by atoms with Crippen molar-refractivity contribution in [3.63, 3.8) is 0 Å². The molecule has 0 saturated carbocycles. The van der Waals surface area contributed by atoms with Crippen molar-refractivity contribution in [2.24, 2.45) is 5.41 Å². The number of ether oxygens (including phenoxy) is 2. The SMILES string of the molecule is COc1cccc(OC)c1C=C=C1CN(S(=O)(=O)c2ccc(C)cc2)C=CC1(C)C. The van der Waals surface area contributed by atoms with Crippen molar-refractivity contribution < 1.29 is 17.9 Å². The van der Waals surface area contributed by atoms with Gasteiger partial charge < -0.3 is 9.47 Å². The second-order valence-corrected chi connectivity index (χ2v) is 9.63. The van der Waals surface area contributed by atoms with Crippen LogP contribution in [0.4, 0.5) is 0 Å². The topological polar surface area (TPSA) is 55.8 Å². The van der Waals surface area contributed by atoms with Crippen LogP contribution in [0.5, 0.6) is 11.5 Å². The maximum absolute atomic E-state index is 13.1. The van der Waals surface area contributed by atoms with Gasteiger partial charge in [-0.3, -0.25) is 4.31 Å². The fraction of sp³-hybridized carbons (Fsp3) is 0.292. The summed E-state index contributed by atoms with van der Waals surface area (Å²) in [5, 5.41) is 0. The van der Waals surface area contributed by atoms with Crippen LogP contribution >= 0.6 is 0 Å². The van der Waals surface area contributed by atoms with Crippen LogP contribution in [-0.4, -0.2) is 33.5 Å². The lowest BCUT2D eigenvalue weighted by Crippen LogP contribution is -2.35. The molecule has 0 amide bonds. The summed E-state index contributed by atoms with van der Waals surface area (Å²) in [5.41, 5.74) is 5.58. The van der Waals surface area contributed by atoms with E-state index in [2.05, 4.69) is 5.73 Å². The molecule has 2 aromatic rings. The Hall–Kier alpha value is -2.95. The summed E-state index contributed by atoms with van der Waals surface area (Å²) >= 11 is 0. The van der Waals surface area contributed by atoms with E-state index in [1.54, 1.807) is 50.8 Å². The van der Waals surface area contributed by atoms with Gasteiger partial charge in [-0.2, -0.15) is 0 Å². The molecule has 0 radical (unpaired) electrons. The molecule has 0 atom stereocenters. The third kappa shape index (κ3) is 4.30. The molecule has 5 nitrogen and oxygen atoms in total. The number of hydrogen-bond donors (Lipinski definition) is 0. The molecule has 0 spiro atoms. The largest absolute Gasteiger partial charge is 0.496 e. The Morgan fingerprint density at radius 3 is 2.20 bits per heavy atom. The maximum atomic E-state index is 13.1. The summed E-state index contributed by atoms with van der Waals surface area (Å²) < 4.78 is 38.5. The van der Waals surface area contributed by atoms with Gasteiger partial charge in [0.1, 0.15) is 11.5 Å². The fourth-order valence-corrected chi connectivity index (χ4v) is 4.48. The third-order valence-corrected chi connectivity index (χ3v) is 6.97. The molecule has 1 aliphatic rings. The van der Waals surface area contributed by atoms with Gasteiger partial charge in [0.05, 0.1) is 31.2 Å². The first-order chi connectivity index (χ1) is 14.2. The monoisotopic (exact) mass is 425 g/mol. The predicted octanol–water partition coefficient (Wildman–Crippen LogP) is 4.80. The van der Waals surface area contributed by atoms with Gasteiger partial charge in [-0.15, -0.1) is 5.73 Å². The smallest absolute Gasteiger partial charge is 0.264 e. The average Bonchev–Trinajstić information content (AvgIpc) is 2.72. The van der Waals surface area contributed by atoms with Crippen molar-refractivity contribution in [3.8, 4) is 11.5 Å². The summed E-state index contributed by atoms with van der Waals surface area (Å²) in [4.78, 5) is 0.271. The number of nitrogens with zero attached hydrogens (tertiary/aromatic N) is 1. The molecule has 1 heterocycles. The van der Waals surface area contributed by atoms with E-state index >= 15 is 0 Å². The van der Waals surface area contributed by atoms with Crippen LogP contribution in [0.25, 0.3) is 6.08 Å². The molecule has 1 aliphatic heterocycles. The lowest BCUT2D eigenvalue weighted by atomic mass is 9.83. The summed E-state index contributed by atoms with van der Waals surface area (Å²) in [5.74, 6) is 1.33. The van der Waals surface area contributed by atoms with E-state index in [0.29, 0.717) is 11.5 Å². The number of methoxy groups -OCH3 is 2. The van der Waals surface area contributed by atoms with E-state index in [-0.39, 0.29) is 16.9 Å². The van der Waals surface area contributed by atoms with Crippen LogP contribution < -0.4 is 9.47 Å². The normalized spacial score (nSPS) is 15.5. The number of allylic oxidation sites excluding steroid dienone is 1. The van der Waals surface area contributed by atoms with Crippen molar-refractivity contribution >= 4 is 16.1 Å². The number of sulfonamides is 1. The number of aryl methyl sites for hydroxylation is 1. The van der Waals surface area contributed by atoms with Crippen LogP contribution in [0, 0.1) is 12.3 Å². The first kappa shape index (κ1) is 21.8. The van der Waals surface area contributed by atoms with Crippen LogP contribution in [0.2, 0.25) is 0 Å². The molecular weight excluding hydrogens is 398 g/mol. The summed E-state index contributed by atoms with van der Waals surface area (Å²) in [6.45, 7) is 6.22. The summed E-state index contributed by atoms with van der Waals surface area (Å²) in [6.07, 6.45) is 5.33. The molecule has 158 valence electrons. The second kappa shape index (κ2) is 8.42. The molecule has 0 fully saturated rings. The molecule has 6 heteroatoms. The van der Waals surface area contributed by atoms with Crippen molar-refractivity contribution in [3.05, 3.63) is 77.2 Å². The van der Waals surface area contributed by atoms with Gasteiger partial charge in [0.25, 0.3) is 10.0 Å². The van der Waals surface area contributed by atoms with Crippen molar-refractivity contribution in [2.45, 2.75) is 25.7 Å². The Labute approximate surface area is 179 Å². The lowest BCUT2D eigenvalue weighted by Gasteiger charge is -2.33. The van der Waals surface area contributed by atoms with Gasteiger partial charge in [-0.25, -0.2) is 8.42 Å². The first-order valence-electron chi connectivity index (χ1n) is 9.64. The zero-order chi connectivity index (χ0) is 21.9. The second-order valence-electron chi connectivity index (χ2n) is 7.74. The van der Waals surface area contributed by atoms with Crippen LogP contribution in [0.3, 0.4) is 0 Å². The Morgan fingerprint density at radius 2 is 1.63 bits per heavy atom. The minimum absolute atomic E-state index is 0.216. The highest BCUT2D eigenvalue weighted by Gasteiger charge is 2.31. The standard InChI is InChI=1S/C24H27NO4S/c1-18-9-12-20(13-10-18)30(26,27)25-16-15-24(2,3)19(17-25)11-14-21-22(28-4)7-6-8-23(21)29-5/h6-10,12-16H,17H2,1-5H3. The van der Waals surface area contributed by atoms with Crippen LogP contribution in [0.1, 0.15) is 25.0 Å². The van der Waals surface area contributed by atoms with E-state index in [9.17, 15) is 8.42 Å². The van der Waals surface area contributed by atoms with Gasteiger partial charge in [-0.05, 0) is 37.3 Å². The highest BCUT2D eigenvalue weighted by molar-refractivity contribution is 7.89. The number of hydrogen-bond acceptors (Lipinski definition) is 4. The third-order valence-electron chi connectivity index (χ3n) is 5.23. The van der Waals surface area contributed by atoms with E-state index in [1.165, 1.54) is 4.31 Å². The van der Waals surface area contributed by atoms with E-state index in [4.69, 9.17) is 9.47 Å². The van der Waals surface area contributed by atoms with Gasteiger partial charge in [0, 0.05) is 17.2 Å². The Morgan fingerprint density at radius 1 is 1.03 bits per heavy atom. The first-order valence-corrected chi connectivity index (χ1v) is 11.1. The summed E-state index contributed by atoms with van der Waals surface area (Å²) in [7, 11) is -0.449. The quantitative estimate of drug-likeness (QED) is 0.646. The van der Waals surface area contributed by atoms with Gasteiger partial charge in [0.2, 0.25) is 0 Å². The molecule has 0 aromatic heterocycles. The minimum Gasteiger partial charge on any atom is -0.496 e. The molecule has 3 rings (SSSR count). The molecule has 0 aliphatic carbocycles. The lowest BCUT2D eigenvalue weighted by molar-refractivity contribution is 0.392. The Kier molecular flexibility index (Phi) is 6.11. The Bertz CT molecular complexity index is 1100. The molecule has 30 heavy (non-hydrogen) atoms. The zero-order valence-electron chi connectivity index (χ0n) is 18.0. The van der Waals surface area contributed by atoms with Gasteiger partial charge in [0.15, 0.2) is 0 Å². The van der Waals surface area contributed by atoms with E-state index < -0.39 is 10.0 Å². The average molecular weight is 426 g/mol. The Balaban J connectivity index is 2.04. The molecule has 2 aromatic carbocycles. The molecule has 0 bridgehead atoms. The predicted molar refractivity (Wildman–Crippen MR) is 119 cm³/mol. The number of rotatable bonds is 5. The molecule has 0 N–H and O–H groups in total. The van der Waals surface area contributed by atoms with E-state index in [1.807, 2.05) is 45.0 Å². The highest BCUT2D eigenvalue weighted by Crippen LogP contribution is 2.35. The van der Waals surface area contributed by atoms with Gasteiger partial charge >= 0.3 is 0 Å². The maximum Gasteiger partial charge on any atom is 0.264 e. The van der Waals surface area contributed by atoms with Crippen molar-refractivity contribution in [2.75, 3.05) is 20.8 Å². The molecular formula is C24H27NO4S. The van der Waals surface area contributed by atoms with E-state index in [0.717, 1.165) is 16.7 Å². The van der Waals surface area contributed by atoms with Crippen molar-refractivity contribution in [1.82, 2.24) is 4.31 Å². The number of benzene rings is 2. The molecule has 0 unspecified atom stereocenters. The van der Waals surface area contributed by atoms with Crippen LogP contribution in [0.15, 0.2) is 70.9 Å². The summed E-state index contributed by atoms with van der Waals surface area (Å²) in [6, 6.07) is 12.4. The highest BCUT2D eigenvalue weighted by atomic mass is 32.2. The van der Waals surface area contributed by atoms with Crippen LogP contribution in [-0.2, 0) is 10.0 Å². The minimum atomic E-state index is -3.65. The van der Waals surface area contributed by atoms with Crippen molar-refractivity contribution in [1.29, 1.82) is 0 Å². The van der Waals surface area contributed by atoms with Gasteiger partial charge in [-0.1, -0.05) is 43.7 Å².